The Morgan fingerprint density at radius 2 is 1.92 bits per heavy atom. The minimum Gasteiger partial charge on any atom is -0.379 e. The number of ether oxygens (including phenoxy) is 1. The maximum Gasteiger partial charge on any atom is 0.255 e. The van der Waals surface area contributed by atoms with E-state index in [1.54, 1.807) is 25.2 Å². The van der Waals surface area contributed by atoms with Gasteiger partial charge in [-0.05, 0) is 17.7 Å². The normalized spacial score (nSPS) is 15.2. The molecule has 3 rings (SSSR count). The lowest BCUT2D eigenvalue weighted by molar-refractivity contribution is 0.0342. The maximum atomic E-state index is 12.5. The van der Waals surface area contributed by atoms with Crippen LogP contribution in [0.15, 0.2) is 42.6 Å². The molecule has 1 amide bonds. The average molecular weight is 325 g/mol. The summed E-state index contributed by atoms with van der Waals surface area (Å²) in [6, 6.07) is 11.8. The number of amides is 1. The van der Waals surface area contributed by atoms with Crippen molar-refractivity contribution in [3.8, 4) is 11.3 Å². The molecule has 0 N–H and O–H groups in total. The first-order chi connectivity index (χ1) is 11.7. The van der Waals surface area contributed by atoms with E-state index in [4.69, 9.17) is 4.74 Å². The van der Waals surface area contributed by atoms with Gasteiger partial charge in [-0.1, -0.05) is 24.3 Å². The van der Waals surface area contributed by atoms with Crippen LogP contribution in [0, 0.1) is 0 Å². The molecule has 0 spiro atoms. The Hall–Kier alpha value is -2.24. The van der Waals surface area contributed by atoms with Crippen molar-refractivity contribution in [1.82, 2.24) is 14.8 Å². The summed E-state index contributed by atoms with van der Waals surface area (Å²) in [7, 11) is 3.53. The lowest BCUT2D eigenvalue weighted by Gasteiger charge is -2.27. The molecule has 0 atom stereocenters. The van der Waals surface area contributed by atoms with Gasteiger partial charge in [0.1, 0.15) is 0 Å². The highest BCUT2D eigenvalue weighted by atomic mass is 16.5. The summed E-state index contributed by atoms with van der Waals surface area (Å²) in [5.74, 6) is -0.0284. The molecule has 1 aliphatic rings. The monoisotopic (exact) mass is 325 g/mol. The van der Waals surface area contributed by atoms with E-state index in [0.29, 0.717) is 5.56 Å². The third kappa shape index (κ3) is 3.63. The molecule has 2 aromatic rings. The molecule has 5 nitrogen and oxygen atoms in total. The zero-order valence-electron chi connectivity index (χ0n) is 14.2. The van der Waals surface area contributed by atoms with E-state index >= 15 is 0 Å². The Bertz CT molecular complexity index is 709. The molecule has 1 aliphatic heterocycles. The van der Waals surface area contributed by atoms with Crippen molar-refractivity contribution >= 4 is 5.91 Å². The van der Waals surface area contributed by atoms with E-state index in [1.165, 1.54) is 5.56 Å². The van der Waals surface area contributed by atoms with Gasteiger partial charge in [-0.25, -0.2) is 0 Å². The van der Waals surface area contributed by atoms with Gasteiger partial charge >= 0.3 is 0 Å². The summed E-state index contributed by atoms with van der Waals surface area (Å²) in [5, 5.41) is 0. The third-order valence-electron chi connectivity index (χ3n) is 4.21. The van der Waals surface area contributed by atoms with Crippen LogP contribution in [0.25, 0.3) is 11.3 Å². The third-order valence-corrected chi connectivity index (χ3v) is 4.21. The van der Waals surface area contributed by atoms with Gasteiger partial charge in [0.2, 0.25) is 0 Å². The Kier molecular flexibility index (Phi) is 5.23. The van der Waals surface area contributed by atoms with Gasteiger partial charge in [0.15, 0.2) is 0 Å². The van der Waals surface area contributed by atoms with Crippen LogP contribution in [0.4, 0.5) is 0 Å². The van der Waals surface area contributed by atoms with Gasteiger partial charge in [-0.3, -0.25) is 14.7 Å². The fourth-order valence-electron chi connectivity index (χ4n) is 2.92. The minimum absolute atomic E-state index is 0.0284. The number of rotatable bonds is 4. The Morgan fingerprint density at radius 1 is 1.17 bits per heavy atom. The molecule has 0 aliphatic carbocycles. The summed E-state index contributed by atoms with van der Waals surface area (Å²) in [4.78, 5) is 21.0. The van der Waals surface area contributed by atoms with Crippen molar-refractivity contribution in [2.45, 2.75) is 6.54 Å². The van der Waals surface area contributed by atoms with Gasteiger partial charge in [0, 0.05) is 45.5 Å². The summed E-state index contributed by atoms with van der Waals surface area (Å²) in [6.07, 6.45) is 1.74. The van der Waals surface area contributed by atoms with E-state index in [1.807, 2.05) is 30.3 Å². The van der Waals surface area contributed by atoms with Crippen LogP contribution < -0.4 is 0 Å². The summed E-state index contributed by atoms with van der Waals surface area (Å²) < 4.78 is 5.43. The lowest BCUT2D eigenvalue weighted by Crippen LogP contribution is -2.35. The topological polar surface area (TPSA) is 45.7 Å². The number of nitrogens with zero attached hydrogens (tertiary/aromatic N) is 3. The predicted octanol–water partition coefficient (Wildman–Crippen LogP) is 2.28. The molecule has 126 valence electrons. The van der Waals surface area contributed by atoms with Gasteiger partial charge in [-0.15, -0.1) is 0 Å². The highest BCUT2D eigenvalue weighted by Crippen LogP contribution is 2.27. The second-order valence-electron chi connectivity index (χ2n) is 6.14. The van der Waals surface area contributed by atoms with Crippen molar-refractivity contribution in [1.29, 1.82) is 0 Å². The Labute approximate surface area is 142 Å². The van der Waals surface area contributed by atoms with Crippen molar-refractivity contribution < 1.29 is 9.53 Å². The van der Waals surface area contributed by atoms with E-state index in [9.17, 15) is 4.79 Å². The number of hydrogen-bond donors (Lipinski definition) is 0. The molecule has 1 saturated heterocycles. The molecule has 0 bridgehead atoms. The van der Waals surface area contributed by atoms with Crippen LogP contribution in [-0.4, -0.2) is 61.1 Å². The Balaban J connectivity index is 1.97. The van der Waals surface area contributed by atoms with Crippen molar-refractivity contribution in [3.63, 3.8) is 0 Å². The number of hydrogen-bond acceptors (Lipinski definition) is 4. The molecule has 1 aromatic carbocycles. The average Bonchev–Trinajstić information content (AvgIpc) is 2.62. The molecule has 0 unspecified atom stereocenters. The number of benzene rings is 1. The van der Waals surface area contributed by atoms with Gasteiger partial charge in [0.05, 0.1) is 24.5 Å². The van der Waals surface area contributed by atoms with Gasteiger partial charge in [-0.2, -0.15) is 0 Å². The van der Waals surface area contributed by atoms with Gasteiger partial charge in [0.25, 0.3) is 5.91 Å². The summed E-state index contributed by atoms with van der Waals surface area (Å²) >= 11 is 0. The number of aromatic nitrogens is 1. The first-order valence-electron chi connectivity index (χ1n) is 8.22. The fourth-order valence-corrected chi connectivity index (χ4v) is 2.92. The largest absolute Gasteiger partial charge is 0.379 e. The van der Waals surface area contributed by atoms with E-state index < -0.39 is 0 Å². The Morgan fingerprint density at radius 3 is 2.67 bits per heavy atom. The molecular formula is C19H23N3O2. The number of morpholine rings is 1. The number of pyridine rings is 1. The standard InChI is InChI=1S/C19H23N3O2/c1-21(2)19(23)17-8-5-9-20-18(17)16-7-4-3-6-15(16)14-22-10-12-24-13-11-22/h3-9H,10-14H2,1-2H3. The van der Waals surface area contributed by atoms with Crippen LogP contribution in [0.5, 0.6) is 0 Å². The van der Waals surface area contributed by atoms with Crippen LogP contribution in [0.3, 0.4) is 0 Å². The molecule has 24 heavy (non-hydrogen) atoms. The second-order valence-corrected chi connectivity index (χ2v) is 6.14. The minimum atomic E-state index is -0.0284. The maximum absolute atomic E-state index is 12.5. The second kappa shape index (κ2) is 7.55. The molecule has 1 fully saturated rings. The molecule has 0 radical (unpaired) electrons. The van der Waals surface area contributed by atoms with E-state index in [0.717, 1.165) is 44.1 Å². The first-order valence-corrected chi connectivity index (χ1v) is 8.22. The molecule has 2 heterocycles. The van der Waals surface area contributed by atoms with Crippen LogP contribution in [-0.2, 0) is 11.3 Å². The predicted molar refractivity (Wildman–Crippen MR) is 93.8 cm³/mol. The molecule has 1 aromatic heterocycles. The smallest absolute Gasteiger partial charge is 0.255 e. The van der Waals surface area contributed by atoms with E-state index in [-0.39, 0.29) is 5.91 Å². The summed E-state index contributed by atoms with van der Waals surface area (Å²) in [6.45, 7) is 4.25. The van der Waals surface area contributed by atoms with Crippen molar-refractivity contribution in [2.24, 2.45) is 0 Å². The molecule has 0 saturated carbocycles. The number of carbonyl (C=O) groups is 1. The highest BCUT2D eigenvalue weighted by Gasteiger charge is 2.19. The van der Waals surface area contributed by atoms with Gasteiger partial charge < -0.3 is 9.64 Å². The number of carbonyl (C=O) groups excluding carboxylic acids is 1. The van der Waals surface area contributed by atoms with Crippen LogP contribution in [0.2, 0.25) is 0 Å². The zero-order chi connectivity index (χ0) is 16.9. The lowest BCUT2D eigenvalue weighted by atomic mass is 9.99. The van der Waals surface area contributed by atoms with Crippen molar-refractivity contribution in [2.75, 3.05) is 40.4 Å². The fraction of sp³-hybridized carbons (Fsp3) is 0.368. The highest BCUT2D eigenvalue weighted by molar-refractivity contribution is 5.99. The van der Waals surface area contributed by atoms with Crippen LogP contribution >= 0.6 is 0 Å². The van der Waals surface area contributed by atoms with E-state index in [2.05, 4.69) is 16.0 Å². The van der Waals surface area contributed by atoms with Crippen molar-refractivity contribution in [3.05, 3.63) is 53.7 Å². The summed E-state index contributed by atoms with van der Waals surface area (Å²) in [5.41, 5.74) is 3.60. The molecular weight excluding hydrogens is 302 g/mol. The van der Waals surface area contributed by atoms with Crippen LogP contribution in [0.1, 0.15) is 15.9 Å². The molecule has 5 heteroatoms. The first kappa shape index (κ1) is 16.6. The zero-order valence-corrected chi connectivity index (χ0v) is 14.2. The SMILES string of the molecule is CN(C)C(=O)c1cccnc1-c1ccccc1CN1CCOCC1. The quantitative estimate of drug-likeness (QED) is 0.865.